The molecule has 1 saturated carbocycles. The molecule has 0 radical (unpaired) electrons. The number of methoxy groups -OCH3 is 1. The monoisotopic (exact) mass is 386 g/mol. The highest BCUT2D eigenvalue weighted by molar-refractivity contribution is 6.00. The molecule has 1 spiro atoms. The largest absolute Gasteiger partial charge is 0.497 e. The maximum Gasteiger partial charge on any atom is 0.242 e. The van der Waals surface area contributed by atoms with Crippen LogP contribution < -0.4 is 14.8 Å². The maximum absolute atomic E-state index is 12.7. The highest BCUT2D eigenvalue weighted by atomic mass is 16.5. The fourth-order valence-electron chi connectivity index (χ4n) is 4.03. The number of hydrogen-bond donors (Lipinski definition) is 1. The average Bonchev–Trinajstić information content (AvgIpc) is 3.50. The molecular formula is C21H26N2O5. The third-order valence-corrected chi connectivity index (χ3v) is 5.99. The summed E-state index contributed by atoms with van der Waals surface area (Å²) in [5.41, 5.74) is -0.163. The van der Waals surface area contributed by atoms with Gasteiger partial charge >= 0.3 is 0 Å². The molecule has 1 saturated heterocycles. The second-order valence-electron chi connectivity index (χ2n) is 8.04. The normalized spacial score (nSPS) is 25.6. The van der Waals surface area contributed by atoms with Crippen LogP contribution in [-0.4, -0.2) is 53.8 Å². The molecule has 2 atom stereocenters. The lowest BCUT2D eigenvalue weighted by atomic mass is 9.84. The van der Waals surface area contributed by atoms with Gasteiger partial charge in [0.1, 0.15) is 23.1 Å². The molecule has 1 N–H and O–H groups in total. The first kappa shape index (κ1) is 18.8. The number of amides is 2. The third kappa shape index (κ3) is 3.57. The molecule has 2 aliphatic heterocycles. The zero-order valence-electron chi connectivity index (χ0n) is 16.3. The summed E-state index contributed by atoms with van der Waals surface area (Å²) < 4.78 is 11.5. The molecule has 2 fully saturated rings. The van der Waals surface area contributed by atoms with Crippen molar-refractivity contribution in [1.29, 1.82) is 0 Å². The summed E-state index contributed by atoms with van der Waals surface area (Å²) in [6.07, 6.45) is 3.50. The second-order valence-corrected chi connectivity index (χ2v) is 8.04. The van der Waals surface area contributed by atoms with Crippen molar-refractivity contribution in [2.24, 2.45) is 0 Å². The molecular weight excluding hydrogens is 360 g/mol. The van der Waals surface area contributed by atoms with Crippen LogP contribution >= 0.6 is 0 Å². The number of likely N-dealkylation sites (tertiary alicyclic amines) is 1. The van der Waals surface area contributed by atoms with E-state index >= 15 is 0 Å². The van der Waals surface area contributed by atoms with Crippen LogP contribution in [-0.2, 0) is 9.59 Å². The van der Waals surface area contributed by atoms with Crippen molar-refractivity contribution in [3.8, 4) is 11.5 Å². The van der Waals surface area contributed by atoms with E-state index in [-0.39, 0.29) is 36.5 Å². The predicted molar refractivity (Wildman–Crippen MR) is 101 cm³/mol. The first-order chi connectivity index (χ1) is 13.4. The van der Waals surface area contributed by atoms with E-state index in [1.165, 1.54) is 0 Å². The molecule has 7 nitrogen and oxygen atoms in total. The highest BCUT2D eigenvalue weighted by Crippen LogP contribution is 2.41. The van der Waals surface area contributed by atoms with Crippen LogP contribution in [0, 0.1) is 0 Å². The van der Waals surface area contributed by atoms with Gasteiger partial charge in [-0.2, -0.15) is 0 Å². The van der Waals surface area contributed by atoms with Crippen molar-refractivity contribution in [3.63, 3.8) is 0 Å². The molecule has 1 aliphatic carbocycles. The molecule has 0 bridgehead atoms. The van der Waals surface area contributed by atoms with Crippen LogP contribution in [0.15, 0.2) is 18.2 Å². The van der Waals surface area contributed by atoms with E-state index in [9.17, 15) is 14.4 Å². The Labute approximate surface area is 164 Å². The summed E-state index contributed by atoms with van der Waals surface area (Å²) in [6.45, 7) is 2.16. The van der Waals surface area contributed by atoms with Crippen molar-refractivity contribution in [1.82, 2.24) is 10.2 Å². The van der Waals surface area contributed by atoms with Crippen LogP contribution in [0.3, 0.4) is 0 Å². The van der Waals surface area contributed by atoms with Gasteiger partial charge in [0.25, 0.3) is 0 Å². The number of Topliss-reactive ketones (excluding diaryl/α,β-unsaturated/α-hetero) is 1. The Kier molecular flexibility index (Phi) is 4.77. The minimum absolute atomic E-state index is 0.0179. The average molecular weight is 386 g/mol. The van der Waals surface area contributed by atoms with E-state index < -0.39 is 11.6 Å². The fourth-order valence-corrected chi connectivity index (χ4v) is 4.03. The molecule has 7 heteroatoms. The van der Waals surface area contributed by atoms with Gasteiger partial charge in [-0.05, 0) is 38.3 Å². The first-order valence-corrected chi connectivity index (χ1v) is 9.91. The Hall–Kier alpha value is -2.57. The molecule has 1 aromatic carbocycles. The SMILES string of the molecule is COc1ccc2c(c1)OC1(CCC(=O)N(C(C)C(=O)NC3CC3)CC1)CC2=O. The minimum Gasteiger partial charge on any atom is -0.497 e. The molecule has 1 aromatic rings. The van der Waals surface area contributed by atoms with Crippen molar-refractivity contribution in [2.75, 3.05) is 13.7 Å². The summed E-state index contributed by atoms with van der Waals surface area (Å²) in [7, 11) is 1.57. The van der Waals surface area contributed by atoms with E-state index in [4.69, 9.17) is 9.47 Å². The quantitative estimate of drug-likeness (QED) is 0.856. The number of hydrogen-bond acceptors (Lipinski definition) is 5. The lowest BCUT2D eigenvalue weighted by molar-refractivity contribution is -0.139. The van der Waals surface area contributed by atoms with Gasteiger partial charge in [-0.3, -0.25) is 14.4 Å². The smallest absolute Gasteiger partial charge is 0.242 e. The molecule has 150 valence electrons. The molecule has 3 aliphatic rings. The van der Waals surface area contributed by atoms with Gasteiger partial charge in [0.05, 0.1) is 19.1 Å². The fraction of sp³-hybridized carbons (Fsp3) is 0.571. The Balaban J connectivity index is 1.51. The van der Waals surface area contributed by atoms with Crippen molar-refractivity contribution >= 4 is 17.6 Å². The third-order valence-electron chi connectivity index (χ3n) is 5.99. The molecule has 4 rings (SSSR count). The van der Waals surface area contributed by atoms with Gasteiger partial charge in [0.15, 0.2) is 5.78 Å². The number of nitrogens with zero attached hydrogens (tertiary/aromatic N) is 1. The van der Waals surface area contributed by atoms with Crippen LogP contribution in [0.5, 0.6) is 11.5 Å². The molecule has 2 unspecified atom stereocenters. The zero-order chi connectivity index (χ0) is 19.9. The topological polar surface area (TPSA) is 84.9 Å². The summed E-state index contributed by atoms with van der Waals surface area (Å²) in [6, 6.07) is 4.94. The Morgan fingerprint density at radius 2 is 2.11 bits per heavy atom. The maximum atomic E-state index is 12.7. The Morgan fingerprint density at radius 3 is 2.82 bits per heavy atom. The summed E-state index contributed by atoms with van der Waals surface area (Å²) in [5.74, 6) is 0.978. The van der Waals surface area contributed by atoms with Crippen LogP contribution in [0.4, 0.5) is 0 Å². The minimum atomic E-state index is -0.715. The predicted octanol–water partition coefficient (Wildman–Crippen LogP) is 2.08. The number of benzene rings is 1. The van der Waals surface area contributed by atoms with Crippen molar-refractivity contribution in [3.05, 3.63) is 23.8 Å². The second kappa shape index (κ2) is 7.11. The van der Waals surface area contributed by atoms with E-state index in [1.807, 2.05) is 0 Å². The number of nitrogens with one attached hydrogen (secondary N) is 1. The van der Waals surface area contributed by atoms with Gasteiger partial charge in [0, 0.05) is 31.5 Å². The van der Waals surface area contributed by atoms with Gasteiger partial charge in [-0.1, -0.05) is 0 Å². The number of ketones is 1. The zero-order valence-corrected chi connectivity index (χ0v) is 16.3. The standard InChI is InChI=1S/C21H26N2O5/c1-13(20(26)22-14-3-4-14)23-10-9-21(8-7-19(23)25)12-17(24)16-6-5-15(27-2)11-18(16)28-21/h5-6,11,13-14H,3-4,7-10,12H2,1-2H3,(H,22,26). The lowest BCUT2D eigenvalue weighted by Gasteiger charge is -2.37. The number of carbonyl (C=O) groups is 3. The number of carbonyl (C=O) groups excluding carboxylic acids is 3. The summed E-state index contributed by atoms with van der Waals surface area (Å²) in [5, 5.41) is 2.96. The van der Waals surface area contributed by atoms with E-state index in [2.05, 4.69) is 5.32 Å². The van der Waals surface area contributed by atoms with Crippen LogP contribution in [0.1, 0.15) is 55.8 Å². The Bertz CT molecular complexity index is 819. The van der Waals surface area contributed by atoms with Crippen molar-refractivity contribution in [2.45, 2.75) is 63.1 Å². The molecule has 2 amide bonds. The molecule has 0 aromatic heterocycles. The Morgan fingerprint density at radius 1 is 1.32 bits per heavy atom. The molecule has 28 heavy (non-hydrogen) atoms. The first-order valence-electron chi connectivity index (χ1n) is 9.91. The number of rotatable bonds is 4. The lowest BCUT2D eigenvalue weighted by Crippen LogP contribution is -2.49. The van der Waals surface area contributed by atoms with E-state index in [1.54, 1.807) is 37.1 Å². The van der Waals surface area contributed by atoms with Crippen LogP contribution in [0.25, 0.3) is 0 Å². The summed E-state index contributed by atoms with van der Waals surface area (Å²) >= 11 is 0. The van der Waals surface area contributed by atoms with E-state index in [0.29, 0.717) is 36.4 Å². The number of ether oxygens (including phenoxy) is 2. The highest BCUT2D eigenvalue weighted by Gasteiger charge is 2.44. The summed E-state index contributed by atoms with van der Waals surface area (Å²) in [4.78, 5) is 39.4. The van der Waals surface area contributed by atoms with Gasteiger partial charge in [0.2, 0.25) is 11.8 Å². The van der Waals surface area contributed by atoms with Crippen molar-refractivity contribution < 1.29 is 23.9 Å². The van der Waals surface area contributed by atoms with E-state index in [0.717, 1.165) is 12.8 Å². The van der Waals surface area contributed by atoms with Gasteiger partial charge in [-0.15, -0.1) is 0 Å². The molecule has 2 heterocycles. The van der Waals surface area contributed by atoms with Gasteiger partial charge in [-0.25, -0.2) is 0 Å². The van der Waals surface area contributed by atoms with Gasteiger partial charge < -0.3 is 19.7 Å². The number of fused-ring (bicyclic) bond motifs is 1. The van der Waals surface area contributed by atoms with Crippen LogP contribution in [0.2, 0.25) is 0 Å².